The second-order valence-electron chi connectivity index (χ2n) is 3.33. The molecule has 0 atom stereocenters. The van der Waals surface area contributed by atoms with E-state index < -0.39 is 0 Å². The maximum atomic E-state index is 5.59. The van der Waals surface area contributed by atoms with Gasteiger partial charge in [0.15, 0.2) is 0 Å². The Morgan fingerprint density at radius 1 is 1.53 bits per heavy atom. The van der Waals surface area contributed by atoms with Crippen molar-refractivity contribution in [2.45, 2.75) is 0 Å². The molecule has 0 aliphatic heterocycles. The third-order valence-corrected chi connectivity index (χ3v) is 3.03. The highest BCUT2D eigenvalue weighted by Crippen LogP contribution is 2.15. The first-order valence-electron chi connectivity index (χ1n) is 4.75. The molecular formula is C11H16N2S2. The van der Waals surface area contributed by atoms with E-state index in [0.29, 0.717) is 4.99 Å². The first-order chi connectivity index (χ1) is 7.15. The van der Waals surface area contributed by atoms with Crippen molar-refractivity contribution >= 4 is 34.7 Å². The molecule has 15 heavy (non-hydrogen) atoms. The van der Waals surface area contributed by atoms with Gasteiger partial charge in [-0.1, -0.05) is 24.4 Å². The van der Waals surface area contributed by atoms with Crippen molar-refractivity contribution in [2.75, 3.05) is 30.5 Å². The molecule has 1 aromatic carbocycles. The Hall–Kier alpha value is -0.740. The predicted octanol–water partition coefficient (Wildman–Crippen LogP) is 2.12. The topological polar surface area (TPSA) is 29.3 Å². The summed E-state index contributed by atoms with van der Waals surface area (Å²) in [6.07, 6.45) is 2.11. The van der Waals surface area contributed by atoms with Crippen LogP contribution in [-0.2, 0) is 0 Å². The van der Waals surface area contributed by atoms with Crippen molar-refractivity contribution in [3.63, 3.8) is 0 Å². The fourth-order valence-corrected chi connectivity index (χ4v) is 1.84. The zero-order valence-corrected chi connectivity index (χ0v) is 10.7. The van der Waals surface area contributed by atoms with E-state index in [1.54, 1.807) is 0 Å². The third kappa shape index (κ3) is 3.72. The van der Waals surface area contributed by atoms with Crippen LogP contribution in [0.3, 0.4) is 0 Å². The lowest BCUT2D eigenvalue weighted by Gasteiger charge is -2.19. The fourth-order valence-electron chi connectivity index (χ4n) is 1.25. The van der Waals surface area contributed by atoms with E-state index in [4.69, 9.17) is 18.0 Å². The Labute approximate surface area is 101 Å². The van der Waals surface area contributed by atoms with E-state index in [9.17, 15) is 0 Å². The van der Waals surface area contributed by atoms with Crippen molar-refractivity contribution in [1.29, 1.82) is 0 Å². The smallest absolute Gasteiger partial charge is 0.104 e. The molecule has 0 heterocycles. The van der Waals surface area contributed by atoms with E-state index in [-0.39, 0.29) is 0 Å². The van der Waals surface area contributed by atoms with Gasteiger partial charge in [-0.3, -0.25) is 0 Å². The number of benzene rings is 1. The lowest BCUT2D eigenvalue weighted by Crippen LogP contribution is -2.20. The van der Waals surface area contributed by atoms with Crippen molar-refractivity contribution < 1.29 is 0 Å². The van der Waals surface area contributed by atoms with Crippen molar-refractivity contribution in [3.05, 3.63) is 29.8 Å². The summed E-state index contributed by atoms with van der Waals surface area (Å²) in [7, 11) is 2.08. The summed E-state index contributed by atoms with van der Waals surface area (Å²) >= 11 is 6.79. The molecule has 4 heteroatoms. The number of rotatable bonds is 5. The van der Waals surface area contributed by atoms with Crippen LogP contribution >= 0.6 is 24.0 Å². The van der Waals surface area contributed by atoms with Crippen LogP contribution in [0.15, 0.2) is 24.3 Å². The Bertz CT molecular complexity index is 339. The molecule has 2 N–H and O–H groups in total. The third-order valence-electron chi connectivity index (χ3n) is 2.20. The monoisotopic (exact) mass is 240 g/mol. The number of hydrogen-bond donors (Lipinski definition) is 1. The molecule has 0 bridgehead atoms. The summed E-state index contributed by atoms with van der Waals surface area (Å²) in [6, 6.07) is 8.03. The van der Waals surface area contributed by atoms with Crippen molar-refractivity contribution in [2.24, 2.45) is 5.73 Å². The quantitative estimate of drug-likeness (QED) is 0.798. The Balaban J connectivity index is 2.76. The molecular weight excluding hydrogens is 224 g/mol. The van der Waals surface area contributed by atoms with Crippen LogP contribution in [0.5, 0.6) is 0 Å². The highest BCUT2D eigenvalue weighted by molar-refractivity contribution is 7.98. The molecule has 0 spiro atoms. The highest BCUT2D eigenvalue weighted by Gasteiger charge is 2.02. The molecule has 0 saturated carbocycles. The average molecular weight is 240 g/mol. The molecule has 0 aromatic heterocycles. The normalized spacial score (nSPS) is 10.0. The fraction of sp³-hybridized carbons (Fsp3) is 0.364. The second kappa shape index (κ2) is 5.98. The molecule has 0 saturated heterocycles. The minimum atomic E-state index is 0.454. The summed E-state index contributed by atoms with van der Waals surface area (Å²) in [4.78, 5) is 2.66. The molecule has 0 fully saturated rings. The molecule has 1 aromatic rings. The average Bonchev–Trinajstić information content (AvgIpc) is 2.26. The Morgan fingerprint density at radius 3 is 2.87 bits per heavy atom. The van der Waals surface area contributed by atoms with Crippen LogP contribution in [0.1, 0.15) is 5.56 Å². The summed E-state index contributed by atoms with van der Waals surface area (Å²) < 4.78 is 0. The van der Waals surface area contributed by atoms with Gasteiger partial charge >= 0.3 is 0 Å². The van der Waals surface area contributed by atoms with Gasteiger partial charge in [-0.05, 0) is 18.4 Å². The number of anilines is 1. The van der Waals surface area contributed by atoms with E-state index in [1.807, 2.05) is 30.0 Å². The zero-order chi connectivity index (χ0) is 11.3. The van der Waals surface area contributed by atoms with E-state index in [0.717, 1.165) is 23.5 Å². The lowest BCUT2D eigenvalue weighted by molar-refractivity contribution is 0.978. The van der Waals surface area contributed by atoms with Gasteiger partial charge < -0.3 is 10.6 Å². The maximum absolute atomic E-state index is 5.59. The molecule has 2 nitrogen and oxygen atoms in total. The standard InChI is InChI=1S/C11H16N2S2/c1-13(6-7-15-2)10-5-3-4-9(8-10)11(12)14/h3-5,8H,6-7H2,1-2H3,(H2,12,14). The van der Waals surface area contributed by atoms with Crippen molar-refractivity contribution in [3.8, 4) is 0 Å². The Kier molecular flexibility index (Phi) is 4.91. The number of nitrogens with zero attached hydrogens (tertiary/aromatic N) is 1. The van der Waals surface area contributed by atoms with E-state index in [1.165, 1.54) is 0 Å². The van der Waals surface area contributed by atoms with Gasteiger partial charge in [0.05, 0.1) is 0 Å². The van der Waals surface area contributed by atoms with Gasteiger partial charge in [0.25, 0.3) is 0 Å². The maximum Gasteiger partial charge on any atom is 0.104 e. The van der Waals surface area contributed by atoms with Gasteiger partial charge in [-0.2, -0.15) is 11.8 Å². The minimum absolute atomic E-state index is 0.454. The number of thioether (sulfide) groups is 1. The predicted molar refractivity (Wildman–Crippen MR) is 74.0 cm³/mol. The number of nitrogens with two attached hydrogens (primary N) is 1. The SMILES string of the molecule is CSCCN(C)c1cccc(C(N)=S)c1. The van der Waals surface area contributed by atoms with Gasteiger partial charge in [0.1, 0.15) is 4.99 Å². The van der Waals surface area contributed by atoms with E-state index >= 15 is 0 Å². The molecule has 82 valence electrons. The van der Waals surface area contributed by atoms with Crippen LogP contribution in [0, 0.1) is 0 Å². The van der Waals surface area contributed by atoms with Crippen LogP contribution < -0.4 is 10.6 Å². The van der Waals surface area contributed by atoms with Crippen molar-refractivity contribution in [1.82, 2.24) is 0 Å². The van der Waals surface area contributed by atoms with Crippen LogP contribution in [0.25, 0.3) is 0 Å². The highest BCUT2D eigenvalue weighted by atomic mass is 32.2. The summed E-state index contributed by atoms with van der Waals surface area (Å²) in [5.41, 5.74) is 7.68. The first kappa shape index (κ1) is 12.3. The van der Waals surface area contributed by atoms with Gasteiger partial charge in [-0.25, -0.2) is 0 Å². The largest absolute Gasteiger partial charge is 0.389 e. The number of thiocarbonyl (C=S) groups is 1. The van der Waals surface area contributed by atoms with Crippen LogP contribution in [0.2, 0.25) is 0 Å². The first-order valence-corrected chi connectivity index (χ1v) is 6.55. The van der Waals surface area contributed by atoms with Gasteiger partial charge in [-0.15, -0.1) is 0 Å². The summed E-state index contributed by atoms with van der Waals surface area (Å²) in [6.45, 7) is 1.03. The Morgan fingerprint density at radius 2 is 2.27 bits per heavy atom. The molecule has 1 rings (SSSR count). The van der Waals surface area contributed by atoms with Gasteiger partial charge in [0, 0.05) is 30.6 Å². The van der Waals surface area contributed by atoms with Crippen LogP contribution in [-0.4, -0.2) is 30.6 Å². The zero-order valence-electron chi connectivity index (χ0n) is 9.06. The van der Waals surface area contributed by atoms with Gasteiger partial charge in [0.2, 0.25) is 0 Å². The molecule has 0 aliphatic carbocycles. The molecule has 0 amide bonds. The lowest BCUT2D eigenvalue weighted by atomic mass is 10.2. The number of hydrogen-bond acceptors (Lipinski definition) is 3. The second-order valence-corrected chi connectivity index (χ2v) is 4.75. The minimum Gasteiger partial charge on any atom is -0.389 e. The summed E-state index contributed by atoms with van der Waals surface area (Å²) in [5, 5.41) is 0. The van der Waals surface area contributed by atoms with E-state index in [2.05, 4.69) is 24.3 Å². The van der Waals surface area contributed by atoms with Crippen LogP contribution in [0.4, 0.5) is 5.69 Å². The summed E-state index contributed by atoms with van der Waals surface area (Å²) in [5.74, 6) is 1.12. The molecule has 0 radical (unpaired) electrons. The molecule has 0 unspecified atom stereocenters. The molecule has 0 aliphatic rings.